The van der Waals surface area contributed by atoms with Crippen LogP contribution in [0.2, 0.25) is 0 Å². The molecule has 0 spiro atoms. The highest BCUT2D eigenvalue weighted by Gasteiger charge is 2.47. The van der Waals surface area contributed by atoms with Gasteiger partial charge in [-0.25, -0.2) is 0 Å². The summed E-state index contributed by atoms with van der Waals surface area (Å²) in [6.07, 6.45) is 0. The van der Waals surface area contributed by atoms with E-state index in [1.54, 1.807) is 0 Å². The Hall–Kier alpha value is 1.71. The molecule has 74 valence electrons. The number of rotatable bonds is 3. The molecule has 0 amide bonds. The van der Waals surface area contributed by atoms with Crippen molar-refractivity contribution in [1.29, 1.82) is 0 Å². The molecule has 0 fully saturated rings. The molecule has 0 aromatic rings. The van der Waals surface area contributed by atoms with Gasteiger partial charge < -0.3 is 9.42 Å². The highest BCUT2D eigenvalue weighted by atomic mass is 127. The van der Waals surface area contributed by atoms with Crippen LogP contribution in [-0.4, -0.2) is 21.6 Å². The Labute approximate surface area is 98.7 Å². The first-order valence-corrected chi connectivity index (χ1v) is 6.14. The first-order valence-electron chi connectivity index (χ1n) is 2.48. The summed E-state index contributed by atoms with van der Waals surface area (Å²) in [4.78, 5) is 9.07. The van der Waals surface area contributed by atoms with Gasteiger partial charge in [-0.2, -0.15) is 0 Å². The normalized spacial score (nSPS) is 20.2. The molecule has 9 heteroatoms. The van der Waals surface area contributed by atoms with Gasteiger partial charge in [0.1, 0.15) is 23.0 Å². The van der Waals surface area contributed by atoms with Gasteiger partial charge in [-0.15, -0.1) is 0 Å². The quantitative estimate of drug-likeness (QED) is 0.472. The lowest BCUT2D eigenvalue weighted by molar-refractivity contribution is 0.249. The van der Waals surface area contributed by atoms with Gasteiger partial charge in [-0.1, -0.05) is 34.8 Å². The average Bonchev–Trinajstić information content (AvgIpc) is 1.85. The molecular weight excluding hydrogens is 364 g/mol. The van der Waals surface area contributed by atoms with Crippen LogP contribution in [0, 0.1) is 0 Å². The zero-order valence-corrected chi connectivity index (χ0v) is 11.0. The minimum absolute atomic E-state index is 1.03. The van der Waals surface area contributed by atoms with Crippen molar-refractivity contribution in [2.24, 2.45) is 0 Å². The van der Waals surface area contributed by atoms with Gasteiger partial charge in [0.15, 0.2) is 0 Å². The van der Waals surface area contributed by atoms with E-state index in [9.17, 15) is 4.57 Å². The first kappa shape index (κ1) is 13.7. The number of hydrogen-bond donors (Lipinski definition) is 1. The third kappa shape index (κ3) is 3.84. The van der Waals surface area contributed by atoms with E-state index in [1.807, 2.05) is 0 Å². The second-order valence-electron chi connectivity index (χ2n) is 1.73. The van der Waals surface area contributed by atoms with E-state index in [0.29, 0.717) is 0 Å². The molecule has 0 aliphatic rings. The maximum Gasteiger partial charge on any atom is 0.361 e. The third-order valence-electron chi connectivity index (χ3n) is 0.922. The predicted octanol–water partition coefficient (Wildman–Crippen LogP) is 2.88. The molecule has 0 bridgehead atoms. The van der Waals surface area contributed by atoms with Gasteiger partial charge in [0.2, 0.25) is 9.64 Å². The van der Waals surface area contributed by atoms with E-state index in [4.69, 9.17) is 39.7 Å². The minimum Gasteiger partial charge on any atom is -0.322 e. The Morgan fingerprint density at radius 1 is 1.58 bits per heavy atom. The van der Waals surface area contributed by atoms with Crippen molar-refractivity contribution >= 4 is 65.4 Å². The topological polar surface area (TPSA) is 55.8 Å². The van der Waals surface area contributed by atoms with Crippen LogP contribution in [0.1, 0.15) is 0 Å². The van der Waals surface area contributed by atoms with Gasteiger partial charge in [0.25, 0.3) is 0 Å². The Kier molecular flexibility index (Phi) is 5.69. The molecule has 2 unspecified atom stereocenters. The van der Waals surface area contributed by atoms with E-state index in [2.05, 4.69) is 7.59 Å². The maximum absolute atomic E-state index is 11.1. The molecule has 0 radical (unpaired) electrons. The van der Waals surface area contributed by atoms with Gasteiger partial charge in [0, 0.05) is 7.11 Å². The Morgan fingerprint density at radius 2 is 2.00 bits per heavy atom. The van der Waals surface area contributed by atoms with Crippen molar-refractivity contribution in [1.82, 2.24) is 0 Å². The molecule has 0 saturated carbocycles. The lowest BCUT2D eigenvalue weighted by Gasteiger charge is -2.24. The van der Waals surface area contributed by atoms with Crippen LogP contribution in [0.4, 0.5) is 0 Å². The summed E-state index contributed by atoms with van der Waals surface area (Å²) in [7, 11) is -3.00. The molecule has 0 aromatic heterocycles. The second kappa shape index (κ2) is 4.98. The van der Waals surface area contributed by atoms with Crippen LogP contribution in [0.3, 0.4) is 0 Å². The fourth-order valence-electron chi connectivity index (χ4n) is 0.382. The van der Waals surface area contributed by atoms with Gasteiger partial charge in [0.05, 0.1) is 0 Å². The van der Waals surface area contributed by atoms with Crippen LogP contribution in [0.5, 0.6) is 0 Å². The molecule has 0 aliphatic heterocycles. The van der Waals surface area contributed by atoms with Gasteiger partial charge in [-0.3, -0.25) is 7.63 Å². The fraction of sp³-hybridized carbons (Fsp3) is 1.00. The Morgan fingerprint density at radius 3 is 2.08 bits per heavy atom. The largest absolute Gasteiger partial charge is 0.361 e. The van der Waals surface area contributed by atoms with Crippen LogP contribution in [-0.2, 0) is 12.2 Å². The van der Waals surface area contributed by atoms with Crippen molar-refractivity contribution < 1.29 is 17.0 Å². The van der Waals surface area contributed by atoms with Crippen molar-refractivity contribution in [3.8, 4) is 0 Å². The molecule has 1 N–H and O–H groups in total. The minimum atomic E-state index is -4.03. The maximum atomic E-state index is 11.1. The molecule has 0 aliphatic carbocycles. The summed E-state index contributed by atoms with van der Waals surface area (Å²) in [5.74, 6) is -1.50. The summed E-state index contributed by atoms with van der Waals surface area (Å²) in [5.41, 5.74) is 0. The first-order chi connectivity index (χ1) is 5.25. The Balaban J connectivity index is 4.69. The van der Waals surface area contributed by atoms with Crippen molar-refractivity contribution in [3.05, 3.63) is 0 Å². The molecule has 4 nitrogen and oxygen atoms in total. The third-order valence-corrected chi connectivity index (χ3v) is 4.49. The number of alkyl halides is 3. The van der Waals surface area contributed by atoms with Crippen LogP contribution in [0.15, 0.2) is 0 Å². The molecule has 0 aromatic carbocycles. The fourth-order valence-corrected chi connectivity index (χ4v) is 3.98. The van der Waals surface area contributed by atoms with Crippen molar-refractivity contribution in [2.45, 2.75) is 9.64 Å². The predicted molar refractivity (Wildman–Crippen MR) is 56.0 cm³/mol. The average molecular weight is 369 g/mol. The van der Waals surface area contributed by atoms with E-state index >= 15 is 0 Å². The SMILES string of the molecule is COP(=O)(O)C(OI)C(Cl)(Cl)Cl. The van der Waals surface area contributed by atoms with E-state index in [-0.39, 0.29) is 0 Å². The number of hydrogen-bond acceptors (Lipinski definition) is 3. The zero-order valence-electron chi connectivity index (χ0n) is 5.71. The van der Waals surface area contributed by atoms with Gasteiger partial charge >= 0.3 is 7.60 Å². The summed E-state index contributed by atoms with van der Waals surface area (Å²) < 4.78 is 17.9. The lowest BCUT2D eigenvalue weighted by Crippen LogP contribution is -2.26. The van der Waals surface area contributed by atoms with E-state index < -0.39 is 17.2 Å². The smallest absolute Gasteiger partial charge is 0.322 e. The molecule has 2 atom stereocenters. The summed E-state index contributed by atoms with van der Waals surface area (Å²) in [6, 6.07) is 0. The molecule has 12 heavy (non-hydrogen) atoms. The molecule has 0 heterocycles. The summed E-state index contributed by atoms with van der Waals surface area (Å²) >= 11 is 17.4. The van der Waals surface area contributed by atoms with E-state index in [1.165, 1.54) is 23.0 Å². The molecular formula is C3H5Cl3IO4P. The number of halogens is 4. The standard InChI is InChI=1S/C3H5Cl3IO4P/c1-10-12(8,9)2(11-7)3(4,5)6/h2H,1H3,(H,8,9). The molecule has 0 rings (SSSR count). The zero-order chi connectivity index (χ0) is 9.99. The highest BCUT2D eigenvalue weighted by molar-refractivity contribution is 14.1. The van der Waals surface area contributed by atoms with Crippen LogP contribution >= 0.6 is 65.4 Å². The second-order valence-corrected chi connectivity index (χ2v) is 6.57. The Bertz CT molecular complexity index is 194. The van der Waals surface area contributed by atoms with Gasteiger partial charge in [-0.05, 0) is 0 Å². The summed E-state index contributed by atoms with van der Waals surface area (Å²) in [6.45, 7) is 0. The van der Waals surface area contributed by atoms with Crippen molar-refractivity contribution in [3.63, 3.8) is 0 Å². The summed E-state index contributed by atoms with van der Waals surface area (Å²) in [5, 5.41) is 0. The van der Waals surface area contributed by atoms with Crippen LogP contribution < -0.4 is 0 Å². The molecule has 0 saturated heterocycles. The van der Waals surface area contributed by atoms with Crippen molar-refractivity contribution in [2.75, 3.05) is 7.11 Å². The monoisotopic (exact) mass is 368 g/mol. The lowest BCUT2D eigenvalue weighted by atomic mass is 10.8. The van der Waals surface area contributed by atoms with Crippen LogP contribution in [0.25, 0.3) is 0 Å². The highest BCUT2D eigenvalue weighted by Crippen LogP contribution is 2.56. The van der Waals surface area contributed by atoms with E-state index in [0.717, 1.165) is 7.11 Å².